The third-order valence-corrected chi connectivity index (χ3v) is 3.26. The van der Waals surface area contributed by atoms with Crippen molar-refractivity contribution in [3.05, 3.63) is 35.5 Å². The molecule has 0 aliphatic heterocycles. The van der Waals surface area contributed by atoms with Crippen LogP contribution in [0.3, 0.4) is 0 Å². The first kappa shape index (κ1) is 15.3. The molecule has 0 bridgehead atoms. The first-order valence-corrected chi connectivity index (χ1v) is 6.88. The second kappa shape index (κ2) is 7.08. The number of hydrogen-bond acceptors (Lipinski definition) is 6. The summed E-state index contributed by atoms with van der Waals surface area (Å²) in [5.74, 6) is 2.95. The fourth-order valence-electron chi connectivity index (χ4n) is 2.12. The molecule has 6 nitrogen and oxygen atoms in total. The molecule has 1 unspecified atom stereocenters. The molecule has 0 saturated heterocycles. The summed E-state index contributed by atoms with van der Waals surface area (Å²) in [6.45, 7) is 4.63. The molecule has 1 N–H and O–H groups in total. The van der Waals surface area contributed by atoms with Gasteiger partial charge in [0.25, 0.3) is 0 Å². The maximum Gasteiger partial charge on any atom is 0.227 e. The highest BCUT2D eigenvalue weighted by atomic mass is 16.5. The first-order chi connectivity index (χ1) is 10.1. The molecular weight excluding hydrogens is 270 g/mol. The molecule has 0 spiro atoms. The lowest BCUT2D eigenvalue weighted by Gasteiger charge is -2.17. The molecule has 1 aromatic heterocycles. The van der Waals surface area contributed by atoms with Crippen molar-refractivity contribution < 1.29 is 14.0 Å². The van der Waals surface area contributed by atoms with E-state index >= 15 is 0 Å². The highest BCUT2D eigenvalue weighted by Gasteiger charge is 2.13. The molecule has 0 aliphatic rings. The lowest BCUT2D eigenvalue weighted by Crippen LogP contribution is -2.22. The van der Waals surface area contributed by atoms with Crippen LogP contribution in [0.5, 0.6) is 11.5 Å². The Kier molecular flexibility index (Phi) is 5.16. The van der Waals surface area contributed by atoms with Crippen LogP contribution in [-0.4, -0.2) is 30.9 Å². The molecule has 6 heteroatoms. The highest BCUT2D eigenvalue weighted by molar-refractivity contribution is 5.42. The molecule has 2 rings (SSSR count). The van der Waals surface area contributed by atoms with Crippen LogP contribution in [0.2, 0.25) is 0 Å². The number of nitrogens with zero attached hydrogens (tertiary/aromatic N) is 2. The van der Waals surface area contributed by atoms with Crippen LogP contribution in [0.4, 0.5) is 0 Å². The summed E-state index contributed by atoms with van der Waals surface area (Å²) in [6, 6.07) is 5.90. The van der Waals surface area contributed by atoms with E-state index < -0.39 is 0 Å². The summed E-state index contributed by atoms with van der Waals surface area (Å²) in [6.07, 6.45) is 0.692. The van der Waals surface area contributed by atoms with E-state index in [4.69, 9.17) is 14.0 Å². The fraction of sp³-hybridized carbons (Fsp3) is 0.467. The topological polar surface area (TPSA) is 69.4 Å². The Balaban J connectivity index is 1.97. The molecule has 21 heavy (non-hydrogen) atoms. The second-order valence-corrected chi connectivity index (χ2v) is 4.77. The molecular formula is C15H21N3O3. The number of benzene rings is 1. The van der Waals surface area contributed by atoms with Gasteiger partial charge in [-0.25, -0.2) is 0 Å². The minimum Gasteiger partial charge on any atom is -0.497 e. The van der Waals surface area contributed by atoms with Crippen LogP contribution < -0.4 is 14.8 Å². The third kappa shape index (κ3) is 3.95. The maximum absolute atomic E-state index is 5.40. The highest BCUT2D eigenvalue weighted by Crippen LogP contribution is 2.29. The van der Waals surface area contributed by atoms with E-state index in [1.165, 1.54) is 0 Å². The van der Waals surface area contributed by atoms with Gasteiger partial charge in [-0.15, -0.1) is 0 Å². The zero-order chi connectivity index (χ0) is 15.2. The predicted octanol–water partition coefficient (Wildman–Crippen LogP) is 2.29. The number of ether oxygens (including phenoxy) is 2. The Morgan fingerprint density at radius 3 is 2.71 bits per heavy atom. The van der Waals surface area contributed by atoms with Crippen molar-refractivity contribution in [2.75, 3.05) is 20.8 Å². The zero-order valence-corrected chi connectivity index (χ0v) is 12.8. The summed E-state index contributed by atoms with van der Waals surface area (Å²) in [5.41, 5.74) is 1.05. The molecule has 0 fully saturated rings. The molecule has 114 valence electrons. The Labute approximate surface area is 124 Å². The largest absolute Gasteiger partial charge is 0.497 e. The van der Waals surface area contributed by atoms with E-state index in [9.17, 15) is 0 Å². The standard InChI is InChI=1S/C15H21N3O3/c1-10(16-8-7-15-17-11(2)18-21-15)13-9-12(19-3)5-6-14(13)20-4/h5-6,9-10,16H,7-8H2,1-4H3. The third-order valence-electron chi connectivity index (χ3n) is 3.26. The second-order valence-electron chi connectivity index (χ2n) is 4.77. The molecule has 0 aliphatic carbocycles. The number of aryl methyl sites for hydroxylation is 1. The summed E-state index contributed by atoms with van der Waals surface area (Å²) in [7, 11) is 3.32. The lowest BCUT2D eigenvalue weighted by atomic mass is 10.1. The van der Waals surface area contributed by atoms with E-state index in [1.54, 1.807) is 14.2 Å². The first-order valence-electron chi connectivity index (χ1n) is 6.88. The van der Waals surface area contributed by atoms with Crippen molar-refractivity contribution in [1.29, 1.82) is 0 Å². The van der Waals surface area contributed by atoms with Gasteiger partial charge in [0.15, 0.2) is 5.82 Å². The maximum atomic E-state index is 5.40. The summed E-state index contributed by atoms with van der Waals surface area (Å²) in [4.78, 5) is 4.18. The fourth-order valence-corrected chi connectivity index (χ4v) is 2.12. The predicted molar refractivity (Wildman–Crippen MR) is 78.7 cm³/mol. The minimum absolute atomic E-state index is 0.124. The summed E-state index contributed by atoms with van der Waals surface area (Å²) < 4.78 is 15.7. The van der Waals surface area contributed by atoms with Gasteiger partial charge in [-0.3, -0.25) is 0 Å². The number of rotatable bonds is 7. The van der Waals surface area contributed by atoms with Crippen LogP contribution in [-0.2, 0) is 6.42 Å². The van der Waals surface area contributed by atoms with Crippen LogP contribution in [0.15, 0.2) is 22.7 Å². The zero-order valence-electron chi connectivity index (χ0n) is 12.8. The van der Waals surface area contributed by atoms with Crippen LogP contribution in [0, 0.1) is 6.92 Å². The van der Waals surface area contributed by atoms with Gasteiger partial charge in [-0.05, 0) is 32.0 Å². The smallest absolute Gasteiger partial charge is 0.227 e. The van der Waals surface area contributed by atoms with Gasteiger partial charge < -0.3 is 19.3 Å². The number of nitrogens with one attached hydrogen (secondary N) is 1. The quantitative estimate of drug-likeness (QED) is 0.844. The van der Waals surface area contributed by atoms with Crippen molar-refractivity contribution in [2.24, 2.45) is 0 Å². The Bertz CT molecular complexity index is 583. The lowest BCUT2D eigenvalue weighted by molar-refractivity contribution is 0.368. The summed E-state index contributed by atoms with van der Waals surface area (Å²) >= 11 is 0. The van der Waals surface area contributed by atoms with Crippen LogP contribution >= 0.6 is 0 Å². The van der Waals surface area contributed by atoms with Gasteiger partial charge in [-0.1, -0.05) is 5.16 Å². The molecule has 0 amide bonds. The molecule has 0 saturated carbocycles. The minimum atomic E-state index is 0.124. The van der Waals surface area contributed by atoms with Gasteiger partial charge in [0, 0.05) is 24.6 Å². The average Bonchev–Trinajstić information content (AvgIpc) is 2.91. The summed E-state index contributed by atoms with van der Waals surface area (Å²) in [5, 5.41) is 7.19. The van der Waals surface area contributed by atoms with Crippen molar-refractivity contribution >= 4 is 0 Å². The number of hydrogen-bond donors (Lipinski definition) is 1. The van der Waals surface area contributed by atoms with E-state index in [0.717, 1.165) is 23.6 Å². The Hall–Kier alpha value is -2.08. The van der Waals surface area contributed by atoms with Crippen LogP contribution in [0.25, 0.3) is 0 Å². The number of methoxy groups -OCH3 is 2. The van der Waals surface area contributed by atoms with Gasteiger partial charge in [0.1, 0.15) is 11.5 Å². The van der Waals surface area contributed by atoms with E-state index in [1.807, 2.05) is 25.1 Å². The SMILES string of the molecule is COc1ccc(OC)c(C(C)NCCc2nc(C)no2)c1. The molecule has 1 aromatic carbocycles. The van der Waals surface area contributed by atoms with Crippen LogP contribution in [0.1, 0.15) is 30.2 Å². The monoisotopic (exact) mass is 291 g/mol. The van der Waals surface area contributed by atoms with Crippen molar-refractivity contribution in [1.82, 2.24) is 15.5 Å². The van der Waals surface area contributed by atoms with Crippen molar-refractivity contribution in [3.8, 4) is 11.5 Å². The molecule has 0 radical (unpaired) electrons. The van der Waals surface area contributed by atoms with Gasteiger partial charge in [0.2, 0.25) is 5.89 Å². The van der Waals surface area contributed by atoms with E-state index in [2.05, 4.69) is 22.4 Å². The van der Waals surface area contributed by atoms with E-state index in [-0.39, 0.29) is 6.04 Å². The van der Waals surface area contributed by atoms with Crippen molar-refractivity contribution in [3.63, 3.8) is 0 Å². The average molecular weight is 291 g/mol. The Morgan fingerprint density at radius 1 is 1.29 bits per heavy atom. The van der Waals surface area contributed by atoms with Crippen molar-refractivity contribution in [2.45, 2.75) is 26.3 Å². The molecule has 2 aromatic rings. The molecule has 1 atom stereocenters. The molecule has 1 heterocycles. The van der Waals surface area contributed by atoms with E-state index in [0.29, 0.717) is 18.1 Å². The number of aromatic nitrogens is 2. The Morgan fingerprint density at radius 2 is 2.10 bits per heavy atom. The van der Waals surface area contributed by atoms with Gasteiger partial charge in [-0.2, -0.15) is 4.98 Å². The van der Waals surface area contributed by atoms with Gasteiger partial charge in [0.05, 0.1) is 14.2 Å². The van der Waals surface area contributed by atoms with Gasteiger partial charge >= 0.3 is 0 Å². The normalized spacial score (nSPS) is 12.2.